The maximum absolute atomic E-state index is 12.9. The highest BCUT2D eigenvalue weighted by molar-refractivity contribution is 7.20. The van der Waals surface area contributed by atoms with Gasteiger partial charge in [0.2, 0.25) is 0 Å². The molecule has 8 heteroatoms. The van der Waals surface area contributed by atoms with E-state index in [1.807, 2.05) is 12.3 Å². The maximum Gasteiger partial charge on any atom is 0.261 e. The highest BCUT2D eigenvalue weighted by Gasteiger charge is 2.33. The third kappa shape index (κ3) is 4.02. The molecule has 3 fully saturated rings. The number of morpholine rings is 1. The second-order valence-electron chi connectivity index (χ2n) is 9.21. The Labute approximate surface area is 181 Å². The largest absolute Gasteiger partial charge is 0.379 e. The average Bonchev–Trinajstić information content (AvgIpc) is 3.37. The zero-order valence-electron chi connectivity index (χ0n) is 17.8. The molecule has 2 aliphatic heterocycles. The number of fused-ring (bicyclic) bond motifs is 1. The van der Waals surface area contributed by atoms with Gasteiger partial charge in [0.25, 0.3) is 5.91 Å². The van der Waals surface area contributed by atoms with E-state index in [0.717, 1.165) is 86.5 Å². The number of aromatic nitrogens is 2. The van der Waals surface area contributed by atoms with Gasteiger partial charge in [0, 0.05) is 37.2 Å². The summed E-state index contributed by atoms with van der Waals surface area (Å²) in [5.74, 6) is 0.0580. The van der Waals surface area contributed by atoms with Gasteiger partial charge in [-0.1, -0.05) is 0 Å². The first-order valence-electron chi connectivity index (χ1n) is 11.3. The number of hydrogen-bond acceptors (Lipinski definition) is 6. The second-order valence-corrected chi connectivity index (χ2v) is 10.2. The maximum atomic E-state index is 12.9. The van der Waals surface area contributed by atoms with Crippen LogP contribution in [0.1, 0.15) is 55.1 Å². The quantitative estimate of drug-likeness (QED) is 0.804. The predicted octanol–water partition coefficient (Wildman–Crippen LogP) is 3.00. The molecule has 0 spiro atoms. The van der Waals surface area contributed by atoms with Gasteiger partial charge in [-0.15, -0.1) is 11.3 Å². The van der Waals surface area contributed by atoms with E-state index >= 15 is 0 Å². The summed E-state index contributed by atoms with van der Waals surface area (Å²) in [6, 6.07) is 2.92. The summed E-state index contributed by atoms with van der Waals surface area (Å²) in [5, 5.41) is 8.96. The molecule has 2 aromatic heterocycles. The van der Waals surface area contributed by atoms with Crippen molar-refractivity contribution in [1.82, 2.24) is 20.0 Å². The van der Waals surface area contributed by atoms with Gasteiger partial charge in [-0.25, -0.2) is 4.68 Å². The summed E-state index contributed by atoms with van der Waals surface area (Å²) in [7, 11) is 0. The van der Waals surface area contributed by atoms with Crippen molar-refractivity contribution in [3.05, 3.63) is 17.1 Å². The minimum absolute atomic E-state index is 0.0580. The Morgan fingerprint density at radius 3 is 2.73 bits per heavy atom. The number of carbonyl (C=O) groups excluding carboxylic acids is 1. The third-order valence-corrected chi connectivity index (χ3v) is 8.12. The van der Waals surface area contributed by atoms with Crippen LogP contribution in [0, 0.1) is 0 Å². The predicted molar refractivity (Wildman–Crippen MR) is 117 cm³/mol. The molecule has 7 nitrogen and oxygen atoms in total. The molecule has 0 bridgehead atoms. The van der Waals surface area contributed by atoms with E-state index in [1.165, 1.54) is 0 Å². The normalized spacial score (nSPS) is 31.1. The summed E-state index contributed by atoms with van der Waals surface area (Å²) in [5.41, 5.74) is -0.128. The van der Waals surface area contributed by atoms with E-state index in [4.69, 9.17) is 9.47 Å². The van der Waals surface area contributed by atoms with Crippen LogP contribution in [0.5, 0.6) is 0 Å². The lowest BCUT2D eigenvalue weighted by Gasteiger charge is -2.38. The topological polar surface area (TPSA) is 68.6 Å². The van der Waals surface area contributed by atoms with Crippen LogP contribution >= 0.6 is 11.3 Å². The van der Waals surface area contributed by atoms with Crippen LogP contribution in [0.3, 0.4) is 0 Å². The van der Waals surface area contributed by atoms with Crippen molar-refractivity contribution in [3.8, 4) is 0 Å². The van der Waals surface area contributed by atoms with Crippen LogP contribution in [-0.4, -0.2) is 72.2 Å². The lowest BCUT2D eigenvalue weighted by Crippen LogP contribution is -2.47. The fraction of sp³-hybridized carbons (Fsp3) is 0.727. The number of hydrogen-bond donors (Lipinski definition) is 1. The summed E-state index contributed by atoms with van der Waals surface area (Å²) in [6.45, 7) is 7.50. The highest BCUT2D eigenvalue weighted by Crippen LogP contribution is 2.34. The van der Waals surface area contributed by atoms with Crippen molar-refractivity contribution in [2.45, 2.75) is 63.1 Å². The number of thiophene rings is 1. The summed E-state index contributed by atoms with van der Waals surface area (Å²) in [6.07, 6.45) is 8.41. The summed E-state index contributed by atoms with van der Waals surface area (Å²) in [4.78, 5) is 17.4. The Balaban J connectivity index is 1.21. The van der Waals surface area contributed by atoms with Crippen LogP contribution in [0.15, 0.2) is 12.3 Å². The smallest absolute Gasteiger partial charge is 0.261 e. The SMILES string of the molecule is CC1(n2ncc3cc(C(=O)NC4CCC(N5CCOCC5)CC4)sc32)CCCOC1. The molecule has 3 aliphatic rings. The molecule has 5 rings (SSSR count). The zero-order chi connectivity index (χ0) is 20.6. The Kier molecular flexibility index (Phi) is 5.84. The Hall–Kier alpha value is -1.48. The number of nitrogens with one attached hydrogen (secondary N) is 1. The first-order chi connectivity index (χ1) is 14.6. The summed E-state index contributed by atoms with van der Waals surface area (Å²) >= 11 is 1.55. The lowest BCUT2D eigenvalue weighted by atomic mass is 9.90. The molecular formula is C22H32N4O3S. The van der Waals surface area contributed by atoms with E-state index < -0.39 is 0 Å². The van der Waals surface area contributed by atoms with Gasteiger partial charge < -0.3 is 14.8 Å². The molecule has 1 aliphatic carbocycles. The lowest BCUT2D eigenvalue weighted by molar-refractivity contribution is 0.00598. The molecule has 1 N–H and O–H groups in total. The molecule has 1 atom stereocenters. The van der Waals surface area contributed by atoms with E-state index in [2.05, 4.69) is 26.9 Å². The summed E-state index contributed by atoms with van der Waals surface area (Å²) < 4.78 is 13.3. The molecule has 0 aromatic carbocycles. The van der Waals surface area contributed by atoms with Crippen LogP contribution < -0.4 is 5.32 Å². The van der Waals surface area contributed by atoms with Gasteiger partial charge in [0.05, 0.1) is 36.4 Å². The highest BCUT2D eigenvalue weighted by atomic mass is 32.1. The van der Waals surface area contributed by atoms with Gasteiger partial charge in [-0.05, 0) is 51.5 Å². The minimum atomic E-state index is -0.128. The van der Waals surface area contributed by atoms with Crippen LogP contribution in [0.25, 0.3) is 10.2 Å². The molecule has 2 aromatic rings. The molecule has 2 saturated heterocycles. The van der Waals surface area contributed by atoms with E-state index in [9.17, 15) is 4.79 Å². The molecule has 4 heterocycles. The Morgan fingerprint density at radius 1 is 1.20 bits per heavy atom. The van der Waals surface area contributed by atoms with Gasteiger partial charge >= 0.3 is 0 Å². The van der Waals surface area contributed by atoms with E-state index in [1.54, 1.807) is 11.3 Å². The van der Waals surface area contributed by atoms with Crippen molar-refractivity contribution >= 4 is 27.5 Å². The second kappa shape index (κ2) is 8.57. The van der Waals surface area contributed by atoms with E-state index in [0.29, 0.717) is 12.6 Å². The van der Waals surface area contributed by atoms with Crippen molar-refractivity contribution in [2.24, 2.45) is 0 Å². The fourth-order valence-corrected chi connectivity index (χ4v) is 6.32. The third-order valence-electron chi connectivity index (χ3n) is 6.99. The monoisotopic (exact) mass is 432 g/mol. The van der Waals surface area contributed by atoms with Gasteiger partial charge in [-0.2, -0.15) is 5.10 Å². The first-order valence-corrected chi connectivity index (χ1v) is 12.1. The molecule has 164 valence electrons. The number of carbonyl (C=O) groups is 1. The number of ether oxygens (including phenoxy) is 2. The van der Waals surface area contributed by atoms with Crippen molar-refractivity contribution in [2.75, 3.05) is 39.5 Å². The molecular weight excluding hydrogens is 400 g/mol. The zero-order valence-corrected chi connectivity index (χ0v) is 18.6. The molecule has 0 radical (unpaired) electrons. The Morgan fingerprint density at radius 2 is 2.00 bits per heavy atom. The fourth-order valence-electron chi connectivity index (χ4n) is 5.19. The Bertz CT molecular complexity index is 874. The number of rotatable bonds is 4. The minimum Gasteiger partial charge on any atom is -0.379 e. The number of nitrogens with zero attached hydrogens (tertiary/aromatic N) is 3. The van der Waals surface area contributed by atoms with Crippen LogP contribution in [-0.2, 0) is 15.0 Å². The van der Waals surface area contributed by atoms with Gasteiger partial charge in [-0.3, -0.25) is 9.69 Å². The number of amides is 1. The average molecular weight is 433 g/mol. The first kappa shape index (κ1) is 20.4. The van der Waals surface area contributed by atoms with Crippen LogP contribution in [0.4, 0.5) is 0 Å². The molecule has 30 heavy (non-hydrogen) atoms. The van der Waals surface area contributed by atoms with Gasteiger partial charge in [0.15, 0.2) is 0 Å². The van der Waals surface area contributed by atoms with Gasteiger partial charge in [0.1, 0.15) is 4.83 Å². The molecule has 1 saturated carbocycles. The molecule has 1 amide bonds. The van der Waals surface area contributed by atoms with Crippen molar-refractivity contribution in [1.29, 1.82) is 0 Å². The van der Waals surface area contributed by atoms with Crippen molar-refractivity contribution < 1.29 is 14.3 Å². The molecule has 1 unspecified atom stereocenters. The standard InChI is InChI=1S/C22H32N4O3S/c1-22(7-2-10-29-15-22)26-21-16(14-23-26)13-19(30-21)20(27)24-17-3-5-18(6-4-17)25-8-11-28-12-9-25/h13-14,17-18H,2-12,15H2,1H3,(H,24,27). The van der Waals surface area contributed by atoms with Crippen LogP contribution in [0.2, 0.25) is 0 Å². The van der Waals surface area contributed by atoms with Crippen molar-refractivity contribution in [3.63, 3.8) is 0 Å². The van der Waals surface area contributed by atoms with E-state index in [-0.39, 0.29) is 17.5 Å².